The van der Waals surface area contributed by atoms with Crippen LogP contribution in [-0.4, -0.2) is 36.5 Å². The number of rotatable bonds is 5. The molecule has 1 aliphatic rings. The number of anilines is 1. The zero-order valence-electron chi connectivity index (χ0n) is 13.1. The molecule has 1 unspecified atom stereocenters. The van der Waals surface area contributed by atoms with Crippen LogP contribution in [0.2, 0.25) is 0 Å². The van der Waals surface area contributed by atoms with Crippen LogP contribution in [0.3, 0.4) is 0 Å². The number of nitrogens with zero attached hydrogens (tertiary/aromatic N) is 1. The third-order valence-electron chi connectivity index (χ3n) is 4.11. The van der Waals surface area contributed by atoms with Crippen molar-refractivity contribution in [2.75, 3.05) is 25.4 Å². The summed E-state index contributed by atoms with van der Waals surface area (Å²) in [7, 11) is 0. The zero-order valence-corrected chi connectivity index (χ0v) is 14.7. The van der Waals surface area contributed by atoms with Crippen LogP contribution >= 0.6 is 24.8 Å². The van der Waals surface area contributed by atoms with Crippen LogP contribution in [0.15, 0.2) is 24.3 Å². The number of nitrogen functional groups attached to an aromatic ring is 1. The highest BCUT2D eigenvalue weighted by molar-refractivity contribution is 5.99. The minimum atomic E-state index is -0.0758. The van der Waals surface area contributed by atoms with Crippen LogP contribution in [0.25, 0.3) is 0 Å². The molecule has 2 rings (SSSR count). The van der Waals surface area contributed by atoms with Crippen LogP contribution in [-0.2, 0) is 0 Å². The molecule has 3 N–H and O–H groups in total. The van der Waals surface area contributed by atoms with E-state index in [2.05, 4.69) is 17.1 Å². The molecule has 0 aliphatic carbocycles. The van der Waals surface area contributed by atoms with Gasteiger partial charge in [0.2, 0.25) is 0 Å². The first kappa shape index (κ1) is 21.0. The van der Waals surface area contributed by atoms with Crippen LogP contribution in [0.4, 0.5) is 5.69 Å². The van der Waals surface area contributed by atoms with Crippen molar-refractivity contribution in [2.24, 2.45) is 0 Å². The standard InChI is InChI=1S/C16H25N3O.2ClH/c1-2-13-7-5-6-11-19(13)12-10-18-16(20)14-8-3-4-9-15(14)17;;/h3-4,8-9,13H,2,5-7,10-12,17H2,1H3,(H,18,20);2*1H. The Balaban J connectivity index is 0.00000220. The first-order valence-electron chi connectivity index (χ1n) is 7.59. The highest BCUT2D eigenvalue weighted by Gasteiger charge is 2.20. The van der Waals surface area contributed by atoms with Gasteiger partial charge in [-0.3, -0.25) is 9.69 Å². The minimum absolute atomic E-state index is 0. The van der Waals surface area contributed by atoms with E-state index in [1.165, 1.54) is 25.7 Å². The summed E-state index contributed by atoms with van der Waals surface area (Å²) in [4.78, 5) is 14.5. The topological polar surface area (TPSA) is 58.4 Å². The Morgan fingerprint density at radius 1 is 1.32 bits per heavy atom. The molecule has 1 aliphatic heterocycles. The molecule has 6 heteroatoms. The molecule has 1 heterocycles. The van der Waals surface area contributed by atoms with Gasteiger partial charge in [0, 0.05) is 24.8 Å². The second-order valence-electron chi connectivity index (χ2n) is 5.44. The molecule has 4 nitrogen and oxygen atoms in total. The summed E-state index contributed by atoms with van der Waals surface area (Å²) < 4.78 is 0. The van der Waals surface area contributed by atoms with Gasteiger partial charge in [-0.1, -0.05) is 25.5 Å². The Morgan fingerprint density at radius 3 is 2.73 bits per heavy atom. The maximum atomic E-state index is 12.0. The van der Waals surface area contributed by atoms with Crippen LogP contribution < -0.4 is 11.1 Å². The second-order valence-corrected chi connectivity index (χ2v) is 5.44. The smallest absolute Gasteiger partial charge is 0.253 e. The number of carbonyl (C=O) groups is 1. The highest BCUT2D eigenvalue weighted by atomic mass is 35.5. The Morgan fingerprint density at radius 2 is 2.05 bits per heavy atom. The van der Waals surface area contributed by atoms with E-state index in [4.69, 9.17) is 5.73 Å². The number of amides is 1. The highest BCUT2D eigenvalue weighted by Crippen LogP contribution is 2.18. The van der Waals surface area contributed by atoms with Gasteiger partial charge in [0.1, 0.15) is 0 Å². The molecule has 1 aromatic carbocycles. The number of likely N-dealkylation sites (tertiary alicyclic amines) is 1. The average molecular weight is 348 g/mol. The van der Waals surface area contributed by atoms with Gasteiger partial charge in [-0.05, 0) is 37.9 Å². The fourth-order valence-electron chi connectivity index (χ4n) is 2.93. The first-order chi connectivity index (χ1) is 9.72. The third-order valence-corrected chi connectivity index (χ3v) is 4.11. The molecule has 1 amide bonds. The van der Waals surface area contributed by atoms with Crippen molar-refractivity contribution in [1.82, 2.24) is 10.2 Å². The maximum absolute atomic E-state index is 12.0. The summed E-state index contributed by atoms with van der Waals surface area (Å²) in [6, 6.07) is 7.88. The quantitative estimate of drug-likeness (QED) is 0.804. The number of benzene rings is 1. The summed E-state index contributed by atoms with van der Waals surface area (Å²) in [5.74, 6) is -0.0758. The van der Waals surface area contributed by atoms with E-state index in [0.717, 1.165) is 13.1 Å². The Labute approximate surface area is 145 Å². The fraction of sp³-hybridized carbons (Fsp3) is 0.562. The fourth-order valence-corrected chi connectivity index (χ4v) is 2.93. The molecule has 1 atom stereocenters. The van der Waals surface area contributed by atoms with Crippen LogP contribution in [0.1, 0.15) is 43.0 Å². The SMILES string of the molecule is CCC1CCCCN1CCNC(=O)c1ccccc1N.Cl.Cl. The molecule has 1 aromatic rings. The maximum Gasteiger partial charge on any atom is 0.253 e. The molecule has 0 radical (unpaired) electrons. The van der Waals surface area contributed by atoms with E-state index < -0.39 is 0 Å². The van der Waals surface area contributed by atoms with Gasteiger partial charge in [0.15, 0.2) is 0 Å². The van der Waals surface area contributed by atoms with E-state index in [-0.39, 0.29) is 30.7 Å². The van der Waals surface area contributed by atoms with Crippen molar-refractivity contribution in [3.05, 3.63) is 29.8 Å². The normalized spacial score (nSPS) is 18.0. The Bertz CT molecular complexity index is 457. The zero-order chi connectivity index (χ0) is 14.4. The van der Waals surface area contributed by atoms with E-state index in [9.17, 15) is 4.79 Å². The first-order valence-corrected chi connectivity index (χ1v) is 7.59. The predicted molar refractivity (Wildman–Crippen MR) is 97.2 cm³/mol. The molecular weight excluding hydrogens is 321 g/mol. The lowest BCUT2D eigenvalue weighted by Gasteiger charge is -2.35. The number of carbonyl (C=O) groups excluding carboxylic acids is 1. The summed E-state index contributed by atoms with van der Waals surface area (Å²) in [5.41, 5.74) is 6.91. The number of nitrogens with two attached hydrogens (primary N) is 1. The van der Waals surface area contributed by atoms with E-state index in [1.807, 2.05) is 12.1 Å². The minimum Gasteiger partial charge on any atom is -0.398 e. The third kappa shape index (κ3) is 5.67. The Hall–Kier alpha value is -0.970. The molecule has 1 saturated heterocycles. The summed E-state index contributed by atoms with van der Waals surface area (Å²) in [6.07, 6.45) is 5.09. The molecule has 0 saturated carbocycles. The molecular formula is C16H27Cl2N3O. The number of piperidine rings is 1. The summed E-state index contributed by atoms with van der Waals surface area (Å²) >= 11 is 0. The number of halogens is 2. The molecule has 126 valence electrons. The van der Waals surface area contributed by atoms with Crippen molar-refractivity contribution in [1.29, 1.82) is 0 Å². The van der Waals surface area contributed by atoms with Crippen molar-refractivity contribution in [3.8, 4) is 0 Å². The second kappa shape index (κ2) is 10.7. The van der Waals surface area contributed by atoms with Crippen molar-refractivity contribution >= 4 is 36.4 Å². The average Bonchev–Trinajstić information content (AvgIpc) is 2.48. The molecule has 0 aromatic heterocycles. The molecule has 22 heavy (non-hydrogen) atoms. The van der Waals surface area contributed by atoms with Gasteiger partial charge in [-0.15, -0.1) is 24.8 Å². The number of hydrogen-bond acceptors (Lipinski definition) is 3. The molecule has 1 fully saturated rings. The van der Waals surface area contributed by atoms with Crippen molar-refractivity contribution < 1.29 is 4.79 Å². The Kier molecular flexibility index (Phi) is 10.2. The van der Waals surface area contributed by atoms with Gasteiger partial charge in [-0.2, -0.15) is 0 Å². The lowest BCUT2D eigenvalue weighted by molar-refractivity contribution is 0.0935. The number of para-hydroxylation sites is 1. The van der Waals surface area contributed by atoms with Gasteiger partial charge >= 0.3 is 0 Å². The molecule has 0 bridgehead atoms. The van der Waals surface area contributed by atoms with Crippen molar-refractivity contribution in [2.45, 2.75) is 38.6 Å². The molecule has 0 spiro atoms. The monoisotopic (exact) mass is 347 g/mol. The van der Waals surface area contributed by atoms with Crippen LogP contribution in [0, 0.1) is 0 Å². The van der Waals surface area contributed by atoms with Crippen LogP contribution in [0.5, 0.6) is 0 Å². The largest absolute Gasteiger partial charge is 0.398 e. The number of hydrogen-bond donors (Lipinski definition) is 2. The van der Waals surface area contributed by atoms with E-state index >= 15 is 0 Å². The summed E-state index contributed by atoms with van der Waals surface area (Å²) in [5, 5.41) is 2.97. The van der Waals surface area contributed by atoms with E-state index in [1.54, 1.807) is 12.1 Å². The van der Waals surface area contributed by atoms with Crippen molar-refractivity contribution in [3.63, 3.8) is 0 Å². The lowest BCUT2D eigenvalue weighted by Crippen LogP contribution is -2.43. The van der Waals surface area contributed by atoms with Gasteiger partial charge in [0.05, 0.1) is 5.56 Å². The lowest BCUT2D eigenvalue weighted by atomic mass is 10.0. The van der Waals surface area contributed by atoms with E-state index in [0.29, 0.717) is 23.8 Å². The summed E-state index contributed by atoms with van der Waals surface area (Å²) in [6.45, 7) is 5.01. The van der Waals surface area contributed by atoms with Gasteiger partial charge in [0.25, 0.3) is 5.91 Å². The predicted octanol–water partition coefficient (Wildman–Crippen LogP) is 3.11. The van der Waals surface area contributed by atoms with Gasteiger partial charge < -0.3 is 11.1 Å². The number of nitrogens with one attached hydrogen (secondary N) is 1. The van der Waals surface area contributed by atoms with Gasteiger partial charge in [-0.25, -0.2) is 0 Å².